The molecule has 1 N–H and O–H groups in total. The van der Waals surface area contributed by atoms with Crippen molar-refractivity contribution < 1.29 is 18.7 Å². The van der Waals surface area contributed by atoms with Gasteiger partial charge in [-0.05, 0) is 38.8 Å². The molecule has 1 amide bonds. The third kappa shape index (κ3) is 4.18. The topological polar surface area (TPSA) is 43.8 Å². The molecule has 2 fully saturated rings. The fourth-order valence-corrected chi connectivity index (χ4v) is 4.11. The van der Waals surface area contributed by atoms with Crippen molar-refractivity contribution in [3.8, 4) is 0 Å². The Morgan fingerprint density at radius 1 is 1.28 bits per heavy atom. The normalized spacial score (nSPS) is 23.5. The largest absolute Gasteiger partial charge is 0.389 e. The molecule has 0 bridgehead atoms. The molecule has 1 aliphatic heterocycles. The van der Waals surface area contributed by atoms with Crippen LogP contribution in [0.2, 0.25) is 0 Å². The minimum Gasteiger partial charge on any atom is -0.389 e. The highest BCUT2D eigenvalue weighted by Crippen LogP contribution is 2.31. The van der Waals surface area contributed by atoms with Gasteiger partial charge in [-0.1, -0.05) is 18.9 Å². The zero-order chi connectivity index (χ0) is 18.0. The average Bonchev–Trinajstić information content (AvgIpc) is 2.97. The third-order valence-electron chi connectivity index (χ3n) is 5.49. The van der Waals surface area contributed by atoms with Crippen LogP contribution >= 0.6 is 0 Å². The molecule has 3 rings (SSSR count). The highest BCUT2D eigenvalue weighted by Gasteiger charge is 2.38. The molecule has 4 nitrogen and oxygen atoms in total. The van der Waals surface area contributed by atoms with Crippen LogP contribution in [0.3, 0.4) is 0 Å². The maximum absolute atomic E-state index is 13.9. The van der Waals surface area contributed by atoms with E-state index in [9.17, 15) is 18.7 Å². The van der Waals surface area contributed by atoms with Crippen LogP contribution in [-0.4, -0.2) is 52.6 Å². The molecule has 1 unspecified atom stereocenters. The van der Waals surface area contributed by atoms with E-state index in [-0.39, 0.29) is 18.5 Å². The lowest BCUT2D eigenvalue weighted by Gasteiger charge is -2.39. The highest BCUT2D eigenvalue weighted by atomic mass is 19.1. The first-order valence-electron chi connectivity index (χ1n) is 9.03. The number of nitrogens with zero attached hydrogens (tertiary/aromatic N) is 2. The lowest BCUT2D eigenvalue weighted by Crippen LogP contribution is -2.54. The van der Waals surface area contributed by atoms with E-state index >= 15 is 0 Å². The van der Waals surface area contributed by atoms with Crippen LogP contribution in [0.25, 0.3) is 0 Å². The monoisotopic (exact) mass is 352 g/mol. The van der Waals surface area contributed by atoms with Crippen LogP contribution in [0.5, 0.6) is 0 Å². The summed E-state index contributed by atoms with van der Waals surface area (Å²) in [5.41, 5.74) is -0.368. The van der Waals surface area contributed by atoms with E-state index in [1.807, 2.05) is 11.9 Å². The second-order valence-corrected chi connectivity index (χ2v) is 7.50. The molecule has 1 atom stereocenters. The van der Waals surface area contributed by atoms with Crippen molar-refractivity contribution in [2.24, 2.45) is 0 Å². The van der Waals surface area contributed by atoms with E-state index in [1.54, 1.807) is 4.90 Å². The molecule has 0 radical (unpaired) electrons. The Balaban J connectivity index is 1.66. The van der Waals surface area contributed by atoms with Crippen LogP contribution in [0, 0.1) is 11.6 Å². The molecule has 1 aromatic rings. The van der Waals surface area contributed by atoms with Crippen molar-refractivity contribution in [3.05, 3.63) is 35.4 Å². The zero-order valence-corrected chi connectivity index (χ0v) is 14.7. The lowest BCUT2D eigenvalue weighted by atomic mass is 9.97. The molecular weight excluding hydrogens is 326 g/mol. The third-order valence-corrected chi connectivity index (χ3v) is 5.49. The Hall–Kier alpha value is -1.53. The Bertz CT molecular complexity index is 632. The van der Waals surface area contributed by atoms with Crippen molar-refractivity contribution in [2.75, 3.05) is 20.1 Å². The summed E-state index contributed by atoms with van der Waals surface area (Å²) in [5.74, 6) is -1.28. The van der Waals surface area contributed by atoms with Gasteiger partial charge in [0.15, 0.2) is 0 Å². The maximum Gasteiger partial charge on any atom is 0.240 e. The predicted molar refractivity (Wildman–Crippen MR) is 90.8 cm³/mol. The predicted octanol–water partition coefficient (Wildman–Crippen LogP) is 2.69. The first kappa shape index (κ1) is 18.3. The van der Waals surface area contributed by atoms with E-state index in [1.165, 1.54) is 12.1 Å². The van der Waals surface area contributed by atoms with Gasteiger partial charge in [-0.2, -0.15) is 0 Å². The van der Waals surface area contributed by atoms with Crippen LogP contribution in [0.15, 0.2) is 18.2 Å². The van der Waals surface area contributed by atoms with Crippen molar-refractivity contribution in [3.63, 3.8) is 0 Å². The second-order valence-electron chi connectivity index (χ2n) is 7.50. The molecule has 25 heavy (non-hydrogen) atoms. The van der Waals surface area contributed by atoms with Gasteiger partial charge in [-0.25, -0.2) is 8.78 Å². The Labute approximate surface area is 147 Å². The van der Waals surface area contributed by atoms with Gasteiger partial charge in [-0.15, -0.1) is 0 Å². The molecule has 138 valence electrons. The summed E-state index contributed by atoms with van der Waals surface area (Å²) in [6.07, 6.45) is 5.19. The molecule has 0 aromatic heterocycles. The summed E-state index contributed by atoms with van der Waals surface area (Å²) in [5, 5.41) is 10.6. The molecule has 2 aliphatic rings. The van der Waals surface area contributed by atoms with Crippen molar-refractivity contribution in [2.45, 2.75) is 56.7 Å². The fraction of sp³-hybridized carbons (Fsp3) is 0.632. The Morgan fingerprint density at radius 2 is 2.00 bits per heavy atom. The number of rotatable bonds is 5. The molecule has 1 heterocycles. The summed E-state index contributed by atoms with van der Waals surface area (Å²) in [6, 6.07) is 3.17. The van der Waals surface area contributed by atoms with Gasteiger partial charge in [0.1, 0.15) is 11.6 Å². The highest BCUT2D eigenvalue weighted by molar-refractivity contribution is 5.82. The number of carbonyl (C=O) groups excluding carboxylic acids is 1. The minimum atomic E-state index is -0.694. The van der Waals surface area contributed by atoms with Crippen LogP contribution < -0.4 is 0 Å². The number of amides is 1. The number of halogens is 2. The molecule has 6 heteroatoms. The Kier molecular flexibility index (Phi) is 5.39. The van der Waals surface area contributed by atoms with Gasteiger partial charge in [0.2, 0.25) is 5.91 Å². The minimum absolute atomic E-state index is 0.0425. The summed E-state index contributed by atoms with van der Waals surface area (Å²) in [7, 11) is 1.88. The van der Waals surface area contributed by atoms with E-state index in [0.717, 1.165) is 44.6 Å². The average molecular weight is 352 g/mol. The first-order chi connectivity index (χ1) is 11.9. The molecular formula is C19H26F2N2O2. The fourth-order valence-electron chi connectivity index (χ4n) is 4.11. The van der Waals surface area contributed by atoms with E-state index in [4.69, 9.17) is 0 Å². The van der Waals surface area contributed by atoms with Gasteiger partial charge < -0.3 is 10.0 Å². The molecule has 1 saturated carbocycles. The van der Waals surface area contributed by atoms with Gasteiger partial charge in [0, 0.05) is 31.3 Å². The summed E-state index contributed by atoms with van der Waals surface area (Å²) >= 11 is 0. The SMILES string of the molecule is CN(CC1(O)CCCC1)C1CCCN(Cc2ccc(F)cc2F)C1=O. The van der Waals surface area contributed by atoms with E-state index in [2.05, 4.69) is 0 Å². The number of piperidine rings is 1. The second kappa shape index (κ2) is 7.38. The van der Waals surface area contributed by atoms with Crippen LogP contribution in [0.1, 0.15) is 44.1 Å². The number of hydrogen-bond acceptors (Lipinski definition) is 3. The number of hydrogen-bond donors (Lipinski definition) is 1. The van der Waals surface area contributed by atoms with E-state index in [0.29, 0.717) is 18.7 Å². The summed E-state index contributed by atoms with van der Waals surface area (Å²) < 4.78 is 26.9. The Morgan fingerprint density at radius 3 is 2.68 bits per heavy atom. The van der Waals surface area contributed by atoms with Crippen molar-refractivity contribution >= 4 is 5.91 Å². The van der Waals surface area contributed by atoms with Gasteiger partial charge in [0.05, 0.1) is 11.6 Å². The van der Waals surface area contributed by atoms with Gasteiger partial charge >= 0.3 is 0 Å². The number of likely N-dealkylation sites (tertiary alicyclic amines) is 1. The van der Waals surface area contributed by atoms with Crippen molar-refractivity contribution in [1.29, 1.82) is 0 Å². The molecule has 1 aromatic carbocycles. The smallest absolute Gasteiger partial charge is 0.240 e. The molecule has 0 spiro atoms. The van der Waals surface area contributed by atoms with Crippen molar-refractivity contribution in [1.82, 2.24) is 9.80 Å². The van der Waals surface area contributed by atoms with Gasteiger partial charge in [0.25, 0.3) is 0 Å². The number of aliphatic hydroxyl groups is 1. The van der Waals surface area contributed by atoms with Gasteiger partial charge in [-0.3, -0.25) is 9.69 Å². The molecule has 1 saturated heterocycles. The van der Waals surface area contributed by atoms with Crippen LogP contribution in [-0.2, 0) is 11.3 Å². The number of likely N-dealkylation sites (N-methyl/N-ethyl adjacent to an activating group) is 1. The maximum atomic E-state index is 13.9. The quantitative estimate of drug-likeness (QED) is 0.886. The number of benzene rings is 1. The summed E-state index contributed by atoms with van der Waals surface area (Å²) in [6.45, 7) is 1.21. The van der Waals surface area contributed by atoms with Crippen LogP contribution in [0.4, 0.5) is 8.78 Å². The zero-order valence-electron chi connectivity index (χ0n) is 14.7. The first-order valence-corrected chi connectivity index (χ1v) is 9.03. The standard InChI is InChI=1S/C19H26F2N2O2/c1-22(13-19(25)8-2-3-9-19)17-5-4-10-23(18(17)24)12-14-6-7-15(20)11-16(14)21/h6-7,11,17,25H,2-5,8-10,12-13H2,1H3. The summed E-state index contributed by atoms with van der Waals surface area (Å²) in [4.78, 5) is 16.4. The van der Waals surface area contributed by atoms with E-state index < -0.39 is 17.2 Å². The number of carbonyl (C=O) groups is 1. The molecule has 1 aliphatic carbocycles. The lowest BCUT2D eigenvalue weighted by molar-refractivity contribution is -0.141.